The molecule has 0 radical (unpaired) electrons. The van der Waals surface area contributed by atoms with E-state index in [9.17, 15) is 4.79 Å². The summed E-state index contributed by atoms with van der Waals surface area (Å²) in [7, 11) is 0. The van der Waals surface area contributed by atoms with Gasteiger partial charge in [-0.3, -0.25) is 0 Å². The minimum Gasteiger partial charge on any atom is -0.367 e. The Hall–Kier alpha value is -0.370. The molecule has 0 bridgehead atoms. The largest absolute Gasteiger partial charge is 0.367 e. The smallest absolute Gasteiger partial charge is 0.148 e. The summed E-state index contributed by atoms with van der Waals surface area (Å²) in [5.74, 6) is 0.693. The number of fused-ring (bicyclic) bond motifs is 1. The zero-order chi connectivity index (χ0) is 7.68. The zero-order valence-electron chi connectivity index (χ0n) is 6.66. The normalized spacial score (nSPS) is 43.5. The minimum atomic E-state index is -0.0805. The molecule has 2 nitrogen and oxygen atoms in total. The summed E-state index contributed by atoms with van der Waals surface area (Å²) in [6.07, 6.45) is 7.33. The quantitative estimate of drug-likeness (QED) is 0.535. The van der Waals surface area contributed by atoms with E-state index in [1.54, 1.807) is 0 Å². The summed E-state index contributed by atoms with van der Waals surface area (Å²) >= 11 is 0. The molecule has 2 heteroatoms. The number of carbonyl (C=O) groups excluding carboxylic acids is 1. The molecular formula is C9H14O2. The van der Waals surface area contributed by atoms with Crippen LogP contribution >= 0.6 is 0 Å². The van der Waals surface area contributed by atoms with Crippen molar-refractivity contribution in [2.45, 2.75) is 44.3 Å². The van der Waals surface area contributed by atoms with Crippen LogP contribution in [0, 0.1) is 5.92 Å². The Balaban J connectivity index is 1.97. The maximum absolute atomic E-state index is 10.4. The van der Waals surface area contributed by atoms with Crippen molar-refractivity contribution in [1.29, 1.82) is 0 Å². The van der Waals surface area contributed by atoms with Crippen LogP contribution in [0.5, 0.6) is 0 Å². The second-order valence-corrected chi connectivity index (χ2v) is 3.63. The van der Waals surface area contributed by atoms with Crippen LogP contribution in [0.2, 0.25) is 0 Å². The van der Waals surface area contributed by atoms with Crippen molar-refractivity contribution in [1.82, 2.24) is 0 Å². The van der Waals surface area contributed by atoms with Gasteiger partial charge in [-0.05, 0) is 25.2 Å². The van der Waals surface area contributed by atoms with Crippen LogP contribution in [0.4, 0.5) is 0 Å². The Morgan fingerprint density at radius 3 is 2.82 bits per heavy atom. The van der Waals surface area contributed by atoms with Crippen LogP contribution < -0.4 is 0 Å². The second-order valence-electron chi connectivity index (χ2n) is 3.63. The molecule has 62 valence electrons. The molecule has 1 unspecified atom stereocenters. The van der Waals surface area contributed by atoms with Crippen LogP contribution in [0.3, 0.4) is 0 Å². The Bertz CT molecular complexity index is 142. The summed E-state index contributed by atoms with van der Waals surface area (Å²) in [5.41, 5.74) is 0. The molecule has 2 aliphatic rings. The molecule has 1 heterocycles. The van der Waals surface area contributed by atoms with Gasteiger partial charge in [0.25, 0.3) is 0 Å². The number of hydrogen-bond acceptors (Lipinski definition) is 2. The Labute approximate surface area is 66.9 Å². The third-order valence-corrected chi connectivity index (χ3v) is 2.88. The molecule has 0 spiro atoms. The van der Waals surface area contributed by atoms with Crippen LogP contribution in [-0.2, 0) is 9.53 Å². The van der Waals surface area contributed by atoms with Gasteiger partial charge in [0, 0.05) is 0 Å². The van der Waals surface area contributed by atoms with E-state index in [-0.39, 0.29) is 6.10 Å². The van der Waals surface area contributed by atoms with E-state index < -0.39 is 0 Å². The van der Waals surface area contributed by atoms with Gasteiger partial charge in [-0.25, -0.2) is 0 Å². The van der Waals surface area contributed by atoms with E-state index in [0.29, 0.717) is 12.0 Å². The van der Waals surface area contributed by atoms with E-state index in [1.807, 2.05) is 0 Å². The Morgan fingerprint density at radius 2 is 2.09 bits per heavy atom. The first-order chi connectivity index (χ1) is 5.40. The highest BCUT2D eigenvalue weighted by molar-refractivity contribution is 5.56. The maximum Gasteiger partial charge on any atom is 0.148 e. The molecule has 0 N–H and O–H groups in total. The Morgan fingerprint density at radius 1 is 1.27 bits per heavy atom. The molecule has 0 aromatic heterocycles. The molecule has 3 atom stereocenters. The summed E-state index contributed by atoms with van der Waals surface area (Å²) in [6.45, 7) is 0. The first-order valence-corrected chi connectivity index (χ1v) is 4.51. The van der Waals surface area contributed by atoms with E-state index in [0.717, 1.165) is 12.7 Å². The Kier molecular flexibility index (Phi) is 1.95. The average Bonchev–Trinajstić information content (AvgIpc) is 2.46. The number of hydrogen-bond donors (Lipinski definition) is 0. The lowest BCUT2D eigenvalue weighted by atomic mass is 9.86. The molecule has 0 amide bonds. The van der Waals surface area contributed by atoms with Gasteiger partial charge in [-0.1, -0.05) is 12.8 Å². The molecule has 1 saturated heterocycles. The molecule has 1 saturated carbocycles. The van der Waals surface area contributed by atoms with Gasteiger partial charge < -0.3 is 9.53 Å². The molecule has 1 aliphatic heterocycles. The van der Waals surface area contributed by atoms with Crippen molar-refractivity contribution in [3.05, 3.63) is 0 Å². The van der Waals surface area contributed by atoms with Crippen LogP contribution in [0.1, 0.15) is 32.1 Å². The van der Waals surface area contributed by atoms with E-state index in [4.69, 9.17) is 4.74 Å². The molecule has 0 aromatic rings. The fraction of sp³-hybridized carbons (Fsp3) is 0.889. The van der Waals surface area contributed by atoms with Crippen molar-refractivity contribution in [2.75, 3.05) is 0 Å². The van der Waals surface area contributed by atoms with E-state index in [2.05, 4.69) is 0 Å². The van der Waals surface area contributed by atoms with Crippen molar-refractivity contribution in [3.63, 3.8) is 0 Å². The van der Waals surface area contributed by atoms with Crippen molar-refractivity contribution < 1.29 is 9.53 Å². The summed E-state index contributed by atoms with van der Waals surface area (Å²) in [4.78, 5) is 10.4. The monoisotopic (exact) mass is 154 g/mol. The number of carbonyl (C=O) groups is 1. The van der Waals surface area contributed by atoms with Gasteiger partial charge in [0.05, 0.1) is 6.10 Å². The van der Waals surface area contributed by atoms with E-state index in [1.165, 1.54) is 25.7 Å². The lowest BCUT2D eigenvalue weighted by Gasteiger charge is -2.22. The first kappa shape index (κ1) is 7.29. The van der Waals surface area contributed by atoms with Gasteiger partial charge in [0.2, 0.25) is 0 Å². The molecule has 2 rings (SSSR count). The molecule has 11 heavy (non-hydrogen) atoms. The third kappa shape index (κ3) is 1.32. The highest BCUT2D eigenvalue weighted by atomic mass is 16.5. The summed E-state index contributed by atoms with van der Waals surface area (Å²) in [5, 5.41) is 0. The molecule has 1 aliphatic carbocycles. The summed E-state index contributed by atoms with van der Waals surface area (Å²) in [6, 6.07) is 0. The first-order valence-electron chi connectivity index (χ1n) is 4.51. The highest BCUT2D eigenvalue weighted by Gasteiger charge is 2.35. The van der Waals surface area contributed by atoms with Crippen LogP contribution in [0.15, 0.2) is 0 Å². The van der Waals surface area contributed by atoms with Crippen LogP contribution in [-0.4, -0.2) is 18.5 Å². The predicted molar refractivity (Wildman–Crippen MR) is 41.3 cm³/mol. The summed E-state index contributed by atoms with van der Waals surface area (Å²) < 4.78 is 5.55. The second kappa shape index (κ2) is 2.94. The topological polar surface area (TPSA) is 26.3 Å². The third-order valence-electron chi connectivity index (χ3n) is 2.88. The van der Waals surface area contributed by atoms with Crippen LogP contribution in [0.25, 0.3) is 0 Å². The predicted octanol–water partition coefficient (Wildman–Crippen LogP) is 1.53. The van der Waals surface area contributed by atoms with Gasteiger partial charge in [-0.15, -0.1) is 0 Å². The van der Waals surface area contributed by atoms with Gasteiger partial charge >= 0.3 is 0 Å². The van der Waals surface area contributed by atoms with Gasteiger partial charge in [0.1, 0.15) is 12.4 Å². The minimum absolute atomic E-state index is 0.0805. The molecule has 2 fully saturated rings. The van der Waals surface area contributed by atoms with Crippen molar-refractivity contribution in [3.8, 4) is 0 Å². The zero-order valence-corrected chi connectivity index (χ0v) is 6.66. The highest BCUT2D eigenvalue weighted by Crippen LogP contribution is 2.36. The lowest BCUT2D eigenvalue weighted by Crippen LogP contribution is -2.20. The number of aldehydes is 1. The molecular weight excluding hydrogens is 140 g/mol. The lowest BCUT2D eigenvalue weighted by molar-refractivity contribution is -0.117. The fourth-order valence-electron chi connectivity index (χ4n) is 2.29. The average molecular weight is 154 g/mol. The SMILES string of the molecule is O=CC1C[C@@H]2CCCC[C@H]2O1. The maximum atomic E-state index is 10.4. The van der Waals surface area contributed by atoms with Gasteiger partial charge in [0.15, 0.2) is 0 Å². The number of ether oxygens (including phenoxy) is 1. The van der Waals surface area contributed by atoms with Gasteiger partial charge in [-0.2, -0.15) is 0 Å². The molecule has 0 aromatic carbocycles. The fourth-order valence-corrected chi connectivity index (χ4v) is 2.29. The van der Waals surface area contributed by atoms with Crippen molar-refractivity contribution >= 4 is 6.29 Å². The number of rotatable bonds is 1. The van der Waals surface area contributed by atoms with E-state index >= 15 is 0 Å². The standard InChI is InChI=1S/C9H14O2/c10-6-8-5-7-3-1-2-4-9(7)11-8/h6-9H,1-5H2/t7-,8?,9+/m0/s1. The van der Waals surface area contributed by atoms with Crippen molar-refractivity contribution in [2.24, 2.45) is 5.92 Å².